The number of hydrogen-bond acceptors (Lipinski definition) is 5. The monoisotopic (exact) mass is 306 g/mol. The molecule has 0 radical (unpaired) electrons. The molecule has 1 aromatic rings. The molecule has 3 N–H and O–H groups in total. The number of aromatic nitrogens is 3. The van der Waals surface area contributed by atoms with E-state index in [4.69, 9.17) is 5.73 Å². The van der Waals surface area contributed by atoms with Crippen molar-refractivity contribution >= 4 is 5.91 Å². The van der Waals surface area contributed by atoms with Gasteiger partial charge in [0.25, 0.3) is 0 Å². The lowest BCUT2D eigenvalue weighted by atomic mass is 9.95. The van der Waals surface area contributed by atoms with Crippen molar-refractivity contribution in [2.24, 2.45) is 5.73 Å². The fourth-order valence-corrected chi connectivity index (χ4v) is 3.69. The van der Waals surface area contributed by atoms with E-state index < -0.39 is 0 Å². The molecule has 7 nitrogen and oxygen atoms in total. The number of nitrogens with zero attached hydrogens (tertiary/aromatic N) is 4. The summed E-state index contributed by atoms with van der Waals surface area (Å²) < 4.78 is 2.14. The van der Waals surface area contributed by atoms with Crippen LogP contribution in [0.5, 0.6) is 0 Å². The van der Waals surface area contributed by atoms with Crippen LogP contribution in [0.4, 0.5) is 0 Å². The second-order valence-electron chi connectivity index (χ2n) is 6.62. The van der Waals surface area contributed by atoms with Gasteiger partial charge >= 0.3 is 0 Å². The van der Waals surface area contributed by atoms with E-state index in [-0.39, 0.29) is 18.0 Å². The SMILES string of the molecule is CN1C[C@@H](N)C[C@H]1C(=O)NCc1nncn1C1CCCCC1. The number of rotatable bonds is 4. The molecule has 0 unspecified atom stereocenters. The largest absolute Gasteiger partial charge is 0.347 e. The average Bonchev–Trinajstić information content (AvgIpc) is 3.12. The smallest absolute Gasteiger partial charge is 0.237 e. The standard InChI is InChI=1S/C15H26N6O/c1-20-9-11(16)7-13(20)15(22)17-8-14-19-18-10-21(14)12-5-3-2-4-6-12/h10-13H,2-9,16H2,1H3,(H,17,22)/t11-,13-/m0/s1. The zero-order valence-corrected chi connectivity index (χ0v) is 13.2. The molecule has 2 aliphatic rings. The van der Waals surface area contributed by atoms with Crippen molar-refractivity contribution in [3.05, 3.63) is 12.2 Å². The van der Waals surface area contributed by atoms with Gasteiger partial charge in [-0.3, -0.25) is 9.69 Å². The molecule has 0 aromatic carbocycles. The first-order chi connectivity index (χ1) is 10.6. The molecule has 1 saturated heterocycles. The number of amides is 1. The minimum atomic E-state index is -0.124. The van der Waals surface area contributed by atoms with Crippen LogP contribution in [0.1, 0.15) is 50.4 Å². The van der Waals surface area contributed by atoms with E-state index in [9.17, 15) is 4.79 Å². The fourth-order valence-electron chi connectivity index (χ4n) is 3.69. The van der Waals surface area contributed by atoms with E-state index in [0.717, 1.165) is 18.8 Å². The molecule has 1 aromatic heterocycles. The van der Waals surface area contributed by atoms with Crippen LogP contribution >= 0.6 is 0 Å². The molecule has 0 bridgehead atoms. The van der Waals surface area contributed by atoms with Gasteiger partial charge in [0.2, 0.25) is 5.91 Å². The Morgan fingerprint density at radius 2 is 2.18 bits per heavy atom. The van der Waals surface area contributed by atoms with Gasteiger partial charge in [-0.25, -0.2) is 0 Å². The molecule has 122 valence electrons. The number of likely N-dealkylation sites (N-methyl/N-ethyl adjacent to an activating group) is 1. The predicted molar refractivity (Wildman–Crippen MR) is 83.0 cm³/mol. The van der Waals surface area contributed by atoms with Crippen LogP contribution < -0.4 is 11.1 Å². The highest BCUT2D eigenvalue weighted by Crippen LogP contribution is 2.28. The third-order valence-electron chi connectivity index (χ3n) is 4.92. The highest BCUT2D eigenvalue weighted by Gasteiger charge is 2.32. The first kappa shape index (κ1) is 15.4. The summed E-state index contributed by atoms with van der Waals surface area (Å²) in [7, 11) is 1.95. The van der Waals surface area contributed by atoms with E-state index in [1.54, 1.807) is 6.33 Å². The summed E-state index contributed by atoms with van der Waals surface area (Å²) in [4.78, 5) is 14.3. The fraction of sp³-hybridized carbons (Fsp3) is 0.800. The molecule has 1 aliphatic heterocycles. The van der Waals surface area contributed by atoms with Gasteiger partial charge in [-0.1, -0.05) is 19.3 Å². The first-order valence-corrected chi connectivity index (χ1v) is 8.27. The zero-order chi connectivity index (χ0) is 15.5. The highest BCUT2D eigenvalue weighted by molar-refractivity contribution is 5.82. The number of nitrogens with one attached hydrogen (secondary N) is 1. The van der Waals surface area contributed by atoms with Crippen molar-refractivity contribution in [3.8, 4) is 0 Å². The van der Waals surface area contributed by atoms with Gasteiger partial charge in [0.05, 0.1) is 12.6 Å². The van der Waals surface area contributed by atoms with Crippen LogP contribution in [-0.4, -0.2) is 51.2 Å². The van der Waals surface area contributed by atoms with Crippen molar-refractivity contribution in [3.63, 3.8) is 0 Å². The Morgan fingerprint density at radius 1 is 1.41 bits per heavy atom. The predicted octanol–water partition coefficient (Wildman–Crippen LogP) is 0.431. The molecule has 2 atom stereocenters. The summed E-state index contributed by atoms with van der Waals surface area (Å²) in [5, 5.41) is 11.2. The molecule has 22 heavy (non-hydrogen) atoms. The van der Waals surface area contributed by atoms with Crippen molar-refractivity contribution < 1.29 is 4.79 Å². The summed E-state index contributed by atoms with van der Waals surface area (Å²) in [5.41, 5.74) is 5.92. The molecular weight excluding hydrogens is 280 g/mol. The van der Waals surface area contributed by atoms with Gasteiger partial charge in [-0.05, 0) is 26.3 Å². The Bertz CT molecular complexity index is 510. The summed E-state index contributed by atoms with van der Waals surface area (Å²) in [6.45, 7) is 1.21. The number of likely N-dealkylation sites (tertiary alicyclic amines) is 1. The molecule has 2 heterocycles. The number of carbonyl (C=O) groups excluding carboxylic acids is 1. The molecule has 1 saturated carbocycles. The van der Waals surface area contributed by atoms with Crippen LogP contribution in [0, 0.1) is 0 Å². The van der Waals surface area contributed by atoms with Gasteiger partial charge in [0.15, 0.2) is 5.82 Å². The maximum absolute atomic E-state index is 12.3. The summed E-state index contributed by atoms with van der Waals surface area (Å²) in [6.07, 6.45) is 8.73. The van der Waals surface area contributed by atoms with E-state index >= 15 is 0 Å². The van der Waals surface area contributed by atoms with E-state index in [2.05, 4.69) is 20.1 Å². The summed E-state index contributed by atoms with van der Waals surface area (Å²) in [5.74, 6) is 0.888. The van der Waals surface area contributed by atoms with Crippen LogP contribution in [0.25, 0.3) is 0 Å². The zero-order valence-electron chi connectivity index (χ0n) is 13.2. The minimum absolute atomic E-state index is 0.0358. The van der Waals surface area contributed by atoms with E-state index in [0.29, 0.717) is 12.6 Å². The van der Waals surface area contributed by atoms with Crippen LogP contribution in [0.15, 0.2) is 6.33 Å². The van der Waals surface area contributed by atoms with Gasteiger partial charge in [-0.2, -0.15) is 0 Å². The Hall–Kier alpha value is -1.47. The third-order valence-corrected chi connectivity index (χ3v) is 4.92. The number of hydrogen-bond donors (Lipinski definition) is 2. The summed E-state index contributed by atoms with van der Waals surface area (Å²) in [6, 6.07) is 0.450. The minimum Gasteiger partial charge on any atom is -0.347 e. The molecule has 0 spiro atoms. The Kier molecular flexibility index (Phi) is 4.73. The maximum atomic E-state index is 12.3. The normalized spacial score (nSPS) is 27.2. The highest BCUT2D eigenvalue weighted by atomic mass is 16.2. The molecule has 1 aliphatic carbocycles. The van der Waals surface area contributed by atoms with Crippen LogP contribution in [0.3, 0.4) is 0 Å². The van der Waals surface area contributed by atoms with Crippen LogP contribution in [-0.2, 0) is 11.3 Å². The maximum Gasteiger partial charge on any atom is 0.237 e. The first-order valence-electron chi connectivity index (χ1n) is 8.27. The molecule has 2 fully saturated rings. The molecule has 1 amide bonds. The van der Waals surface area contributed by atoms with Gasteiger partial charge < -0.3 is 15.6 Å². The lowest BCUT2D eigenvalue weighted by Gasteiger charge is -2.24. The summed E-state index contributed by atoms with van der Waals surface area (Å²) >= 11 is 0. The average molecular weight is 306 g/mol. The Labute approximate surface area is 131 Å². The van der Waals surface area contributed by atoms with E-state index in [1.807, 2.05) is 11.9 Å². The lowest BCUT2D eigenvalue weighted by molar-refractivity contribution is -0.125. The Morgan fingerprint density at radius 3 is 2.86 bits per heavy atom. The molecule has 3 rings (SSSR count). The molecular formula is C15H26N6O. The van der Waals surface area contributed by atoms with Crippen molar-refractivity contribution in [2.75, 3.05) is 13.6 Å². The Balaban J connectivity index is 1.57. The van der Waals surface area contributed by atoms with Crippen LogP contribution in [0.2, 0.25) is 0 Å². The van der Waals surface area contributed by atoms with Crippen molar-refractivity contribution in [1.82, 2.24) is 25.0 Å². The lowest BCUT2D eigenvalue weighted by Crippen LogP contribution is -2.41. The van der Waals surface area contributed by atoms with Gasteiger partial charge in [-0.15, -0.1) is 10.2 Å². The quantitative estimate of drug-likeness (QED) is 0.842. The number of carbonyl (C=O) groups is 1. The second-order valence-corrected chi connectivity index (χ2v) is 6.62. The van der Waals surface area contributed by atoms with Gasteiger partial charge in [0.1, 0.15) is 6.33 Å². The number of nitrogens with two attached hydrogens (primary N) is 1. The third kappa shape index (κ3) is 3.30. The van der Waals surface area contributed by atoms with Crippen molar-refractivity contribution in [2.45, 2.75) is 63.2 Å². The topological polar surface area (TPSA) is 89.1 Å². The van der Waals surface area contributed by atoms with E-state index in [1.165, 1.54) is 32.1 Å². The second kappa shape index (κ2) is 6.75. The van der Waals surface area contributed by atoms with Gasteiger partial charge in [0, 0.05) is 18.6 Å². The molecule has 7 heteroatoms. The van der Waals surface area contributed by atoms with Crippen molar-refractivity contribution in [1.29, 1.82) is 0 Å².